The van der Waals surface area contributed by atoms with Crippen molar-refractivity contribution in [3.63, 3.8) is 0 Å². The van der Waals surface area contributed by atoms with Crippen LogP contribution in [0.1, 0.15) is 16.8 Å². The van der Waals surface area contributed by atoms with Crippen LogP contribution in [0.25, 0.3) is 0 Å². The zero-order chi connectivity index (χ0) is 18.9. The van der Waals surface area contributed by atoms with E-state index in [2.05, 4.69) is 20.6 Å². The van der Waals surface area contributed by atoms with Gasteiger partial charge in [-0.25, -0.2) is 31.6 Å². The van der Waals surface area contributed by atoms with Gasteiger partial charge in [-0.2, -0.15) is 0 Å². The van der Waals surface area contributed by atoms with E-state index in [0.717, 1.165) is 24.5 Å². The van der Waals surface area contributed by atoms with E-state index in [4.69, 9.17) is 0 Å². The minimum absolute atomic E-state index is 0.0249. The maximum Gasteiger partial charge on any atom is 0.254 e. The molecular weight excluding hydrogens is 373 g/mol. The molecule has 2 N–H and O–H groups in total. The number of carbonyl (C=O) groups is 1. The summed E-state index contributed by atoms with van der Waals surface area (Å²) < 4.78 is 62.5. The molecule has 1 aliphatic rings. The van der Waals surface area contributed by atoms with Crippen LogP contribution < -0.4 is 10.6 Å². The van der Waals surface area contributed by atoms with Gasteiger partial charge in [0.2, 0.25) is 5.95 Å². The normalized spacial score (nSPS) is 18.5. The standard InChI is InChI=1S/C15H13F3N4O3S/c16-10-1-2-11(13(18)12(10)17)22-15-19-5-8(6-20-15)14(23)21-9-3-4-26(24,25)7-9/h1-2,5-6,9H,3-4,7H2,(H,21,23)(H,19,20,22). The van der Waals surface area contributed by atoms with Gasteiger partial charge in [0.05, 0.1) is 22.8 Å². The van der Waals surface area contributed by atoms with Crippen LogP contribution in [-0.4, -0.2) is 41.8 Å². The highest BCUT2D eigenvalue weighted by molar-refractivity contribution is 7.91. The molecule has 138 valence electrons. The minimum atomic E-state index is -3.12. The summed E-state index contributed by atoms with van der Waals surface area (Å²) in [5.74, 6) is -5.14. The Hall–Kier alpha value is -2.69. The van der Waals surface area contributed by atoms with Gasteiger partial charge in [-0.3, -0.25) is 4.79 Å². The SMILES string of the molecule is O=C(NC1CCS(=O)(=O)C1)c1cnc(Nc2ccc(F)c(F)c2F)nc1. The summed E-state index contributed by atoms with van der Waals surface area (Å²) in [5.41, 5.74) is -0.289. The molecule has 0 aliphatic carbocycles. The summed E-state index contributed by atoms with van der Waals surface area (Å²) in [6.45, 7) is 0. The van der Waals surface area contributed by atoms with Gasteiger partial charge in [0.1, 0.15) is 0 Å². The zero-order valence-electron chi connectivity index (χ0n) is 13.2. The third kappa shape index (κ3) is 3.93. The Kier molecular flexibility index (Phi) is 4.81. The number of sulfone groups is 1. The zero-order valence-corrected chi connectivity index (χ0v) is 14.0. The van der Waals surface area contributed by atoms with Gasteiger partial charge in [0.15, 0.2) is 27.3 Å². The van der Waals surface area contributed by atoms with Crippen LogP contribution >= 0.6 is 0 Å². The molecule has 1 amide bonds. The predicted molar refractivity (Wildman–Crippen MR) is 86.2 cm³/mol. The fourth-order valence-electron chi connectivity index (χ4n) is 2.43. The number of hydrogen-bond donors (Lipinski definition) is 2. The highest BCUT2D eigenvalue weighted by atomic mass is 32.2. The Bertz CT molecular complexity index is 951. The molecule has 1 saturated heterocycles. The summed E-state index contributed by atoms with van der Waals surface area (Å²) in [6, 6.07) is 1.26. The summed E-state index contributed by atoms with van der Waals surface area (Å²) in [4.78, 5) is 19.7. The van der Waals surface area contributed by atoms with Crippen molar-refractivity contribution >= 4 is 27.4 Å². The highest BCUT2D eigenvalue weighted by Crippen LogP contribution is 2.22. The van der Waals surface area contributed by atoms with E-state index in [9.17, 15) is 26.4 Å². The van der Waals surface area contributed by atoms with Crippen LogP contribution in [0.3, 0.4) is 0 Å². The van der Waals surface area contributed by atoms with Crippen molar-refractivity contribution in [1.29, 1.82) is 0 Å². The molecule has 1 aliphatic heterocycles. The maximum atomic E-state index is 13.6. The fourth-order valence-corrected chi connectivity index (χ4v) is 4.10. The number of anilines is 2. The monoisotopic (exact) mass is 386 g/mol. The first-order chi connectivity index (χ1) is 12.2. The van der Waals surface area contributed by atoms with E-state index in [0.29, 0.717) is 6.42 Å². The number of halogens is 3. The lowest BCUT2D eigenvalue weighted by Gasteiger charge is -2.11. The lowest BCUT2D eigenvalue weighted by atomic mass is 10.2. The van der Waals surface area contributed by atoms with E-state index < -0.39 is 39.2 Å². The summed E-state index contributed by atoms with van der Waals surface area (Å²) >= 11 is 0. The Balaban J connectivity index is 1.67. The number of benzene rings is 1. The van der Waals surface area contributed by atoms with Crippen LogP contribution in [0.4, 0.5) is 24.8 Å². The van der Waals surface area contributed by atoms with Crippen LogP contribution in [0.2, 0.25) is 0 Å². The number of rotatable bonds is 4. The van der Waals surface area contributed by atoms with Crippen molar-refractivity contribution in [1.82, 2.24) is 15.3 Å². The van der Waals surface area contributed by atoms with E-state index in [1.807, 2.05) is 0 Å². The van der Waals surface area contributed by atoms with Crippen molar-refractivity contribution in [2.24, 2.45) is 0 Å². The van der Waals surface area contributed by atoms with Gasteiger partial charge in [0, 0.05) is 18.4 Å². The average molecular weight is 386 g/mol. The Morgan fingerprint density at radius 2 is 1.81 bits per heavy atom. The molecule has 1 aromatic carbocycles. The van der Waals surface area contributed by atoms with E-state index in [1.165, 1.54) is 0 Å². The van der Waals surface area contributed by atoms with Crippen LogP contribution in [0.15, 0.2) is 24.5 Å². The second kappa shape index (κ2) is 6.90. The Morgan fingerprint density at radius 3 is 2.42 bits per heavy atom. The number of nitrogens with zero attached hydrogens (tertiary/aromatic N) is 2. The van der Waals surface area contributed by atoms with E-state index in [-0.39, 0.29) is 28.7 Å². The van der Waals surface area contributed by atoms with Crippen molar-refractivity contribution in [2.45, 2.75) is 12.5 Å². The molecule has 0 saturated carbocycles. The molecule has 11 heteroatoms. The van der Waals surface area contributed by atoms with Crippen LogP contribution in [-0.2, 0) is 9.84 Å². The molecule has 0 radical (unpaired) electrons. The number of carbonyl (C=O) groups excluding carboxylic acids is 1. The van der Waals surface area contributed by atoms with Crippen LogP contribution in [0.5, 0.6) is 0 Å². The lowest BCUT2D eigenvalue weighted by Crippen LogP contribution is -2.35. The smallest absolute Gasteiger partial charge is 0.254 e. The summed E-state index contributed by atoms with van der Waals surface area (Å²) in [5, 5.41) is 4.95. The highest BCUT2D eigenvalue weighted by Gasteiger charge is 2.29. The van der Waals surface area contributed by atoms with Crippen LogP contribution in [0, 0.1) is 17.5 Å². The van der Waals surface area contributed by atoms with Crippen molar-refractivity contribution in [3.05, 3.63) is 47.5 Å². The van der Waals surface area contributed by atoms with Gasteiger partial charge < -0.3 is 10.6 Å². The first-order valence-electron chi connectivity index (χ1n) is 7.49. The molecule has 3 rings (SSSR count). The lowest BCUT2D eigenvalue weighted by molar-refractivity contribution is 0.0940. The largest absolute Gasteiger partial charge is 0.348 e. The van der Waals surface area contributed by atoms with Crippen molar-refractivity contribution in [2.75, 3.05) is 16.8 Å². The minimum Gasteiger partial charge on any atom is -0.348 e. The fraction of sp³-hybridized carbons (Fsp3) is 0.267. The van der Waals surface area contributed by atoms with Gasteiger partial charge >= 0.3 is 0 Å². The second-order valence-electron chi connectivity index (χ2n) is 5.72. The Morgan fingerprint density at radius 1 is 1.12 bits per heavy atom. The maximum absolute atomic E-state index is 13.6. The van der Waals surface area contributed by atoms with E-state index in [1.54, 1.807) is 0 Å². The van der Waals surface area contributed by atoms with E-state index >= 15 is 0 Å². The number of nitrogens with one attached hydrogen (secondary N) is 2. The molecule has 1 atom stereocenters. The number of amides is 1. The van der Waals surface area contributed by atoms with Gasteiger partial charge in [-0.1, -0.05) is 0 Å². The number of aromatic nitrogens is 2. The first-order valence-corrected chi connectivity index (χ1v) is 9.31. The van der Waals surface area contributed by atoms with Gasteiger partial charge in [0.25, 0.3) is 5.91 Å². The molecule has 26 heavy (non-hydrogen) atoms. The third-order valence-corrected chi connectivity index (χ3v) is 5.53. The molecule has 2 aromatic rings. The molecule has 7 nitrogen and oxygen atoms in total. The molecular formula is C15H13F3N4O3S. The van der Waals surface area contributed by atoms with Crippen molar-refractivity contribution in [3.8, 4) is 0 Å². The molecule has 0 spiro atoms. The molecule has 2 heterocycles. The average Bonchev–Trinajstić information content (AvgIpc) is 2.94. The van der Waals surface area contributed by atoms with Crippen molar-refractivity contribution < 1.29 is 26.4 Å². The summed E-state index contributed by atoms with van der Waals surface area (Å²) in [6.07, 6.45) is 2.63. The van der Waals surface area contributed by atoms with Gasteiger partial charge in [-0.15, -0.1) is 0 Å². The second-order valence-corrected chi connectivity index (χ2v) is 7.95. The summed E-state index contributed by atoms with van der Waals surface area (Å²) in [7, 11) is -3.12. The predicted octanol–water partition coefficient (Wildman–Crippen LogP) is 1.55. The Labute approximate surface area is 146 Å². The molecule has 1 aromatic heterocycles. The first kappa shape index (κ1) is 18.1. The topological polar surface area (TPSA) is 101 Å². The molecule has 0 bridgehead atoms. The van der Waals surface area contributed by atoms with Gasteiger partial charge in [-0.05, 0) is 18.6 Å². The molecule has 1 unspecified atom stereocenters. The third-order valence-electron chi connectivity index (χ3n) is 3.76. The number of hydrogen-bond acceptors (Lipinski definition) is 6. The molecule has 1 fully saturated rings. The quantitative estimate of drug-likeness (QED) is 0.774.